The normalized spacial score (nSPS) is 11.2. The molecule has 0 N–H and O–H groups in total. The molecule has 0 radical (unpaired) electrons. The first kappa shape index (κ1) is 14.2. The van der Waals surface area contributed by atoms with E-state index >= 15 is 0 Å². The van der Waals surface area contributed by atoms with E-state index in [4.69, 9.17) is 16.3 Å². The third-order valence-electron chi connectivity index (χ3n) is 3.16. The lowest BCUT2D eigenvalue weighted by molar-refractivity contribution is 0.107. The first-order valence-electron chi connectivity index (χ1n) is 6.20. The van der Waals surface area contributed by atoms with E-state index in [2.05, 4.69) is 0 Å². The Morgan fingerprint density at radius 3 is 2.38 bits per heavy atom. The molecule has 2 nitrogen and oxygen atoms in total. The van der Waals surface area contributed by atoms with Crippen molar-refractivity contribution in [3.05, 3.63) is 41.5 Å². The lowest BCUT2D eigenvalue weighted by Gasteiger charge is -2.04. The van der Waals surface area contributed by atoms with Gasteiger partial charge in [-0.3, -0.25) is 4.79 Å². The van der Waals surface area contributed by atoms with Crippen LogP contribution in [-0.4, -0.2) is 11.8 Å². The Balaban J connectivity index is 2.36. The van der Waals surface area contributed by atoms with Crippen LogP contribution in [0.5, 0.6) is 5.75 Å². The number of halogens is 3. The van der Waals surface area contributed by atoms with Gasteiger partial charge in [-0.2, -0.15) is 0 Å². The molecule has 0 unspecified atom stereocenters. The summed E-state index contributed by atoms with van der Waals surface area (Å²) >= 11 is 6.28. The molecule has 21 heavy (non-hydrogen) atoms. The molecule has 0 bridgehead atoms. The maximum absolute atomic E-state index is 14.4. The largest absolute Gasteiger partial charge is 0.491 e. The SMILES string of the molecule is CCOc1ccc2c(sc3c(F)c(C(=O)Cl)ccc32)c1F. The van der Waals surface area contributed by atoms with Crippen LogP contribution in [0.3, 0.4) is 0 Å². The molecular formula is C15H9ClF2O2S. The Hall–Kier alpha value is -1.72. The van der Waals surface area contributed by atoms with Gasteiger partial charge in [-0.05, 0) is 36.7 Å². The molecule has 0 saturated heterocycles. The smallest absolute Gasteiger partial charge is 0.255 e. The first-order valence-corrected chi connectivity index (χ1v) is 7.40. The summed E-state index contributed by atoms with van der Waals surface area (Å²) in [6, 6.07) is 6.09. The lowest BCUT2D eigenvalue weighted by Crippen LogP contribution is -1.94. The quantitative estimate of drug-likeness (QED) is 0.625. The van der Waals surface area contributed by atoms with Gasteiger partial charge < -0.3 is 4.74 Å². The highest BCUT2D eigenvalue weighted by molar-refractivity contribution is 7.26. The zero-order valence-electron chi connectivity index (χ0n) is 10.9. The van der Waals surface area contributed by atoms with Crippen LogP contribution < -0.4 is 4.74 Å². The van der Waals surface area contributed by atoms with Crippen molar-refractivity contribution in [3.8, 4) is 5.75 Å². The molecular weight excluding hydrogens is 318 g/mol. The standard InChI is InChI=1S/C15H9ClF2O2S/c1-2-20-10-6-5-8-7-3-4-9(15(16)19)11(17)13(7)21-14(8)12(10)18/h3-6H,2H2,1H3. The summed E-state index contributed by atoms with van der Waals surface area (Å²) in [6.45, 7) is 2.10. The molecule has 1 aromatic heterocycles. The fourth-order valence-corrected chi connectivity index (χ4v) is 3.55. The maximum atomic E-state index is 14.4. The number of ether oxygens (including phenoxy) is 1. The van der Waals surface area contributed by atoms with Crippen molar-refractivity contribution in [1.82, 2.24) is 0 Å². The fourth-order valence-electron chi connectivity index (χ4n) is 2.24. The van der Waals surface area contributed by atoms with E-state index in [0.717, 1.165) is 11.3 Å². The van der Waals surface area contributed by atoms with Crippen molar-refractivity contribution in [2.24, 2.45) is 0 Å². The van der Waals surface area contributed by atoms with E-state index in [9.17, 15) is 13.6 Å². The van der Waals surface area contributed by atoms with Gasteiger partial charge in [-0.15, -0.1) is 11.3 Å². The van der Waals surface area contributed by atoms with Crippen LogP contribution >= 0.6 is 22.9 Å². The van der Waals surface area contributed by atoms with Crippen molar-refractivity contribution < 1.29 is 18.3 Å². The van der Waals surface area contributed by atoms with E-state index in [1.54, 1.807) is 19.1 Å². The highest BCUT2D eigenvalue weighted by atomic mass is 35.5. The summed E-state index contributed by atoms with van der Waals surface area (Å²) in [5.41, 5.74) is -0.207. The van der Waals surface area contributed by atoms with E-state index in [0.29, 0.717) is 22.1 Å². The topological polar surface area (TPSA) is 26.3 Å². The molecule has 0 amide bonds. The molecule has 0 aliphatic rings. The lowest BCUT2D eigenvalue weighted by atomic mass is 10.1. The molecule has 1 heterocycles. The fraction of sp³-hybridized carbons (Fsp3) is 0.133. The number of thiophene rings is 1. The Morgan fingerprint density at radius 1 is 1.14 bits per heavy atom. The van der Waals surface area contributed by atoms with Crippen LogP contribution in [0.1, 0.15) is 17.3 Å². The molecule has 3 rings (SSSR count). The summed E-state index contributed by atoms with van der Waals surface area (Å²) in [7, 11) is 0. The van der Waals surface area contributed by atoms with Gasteiger partial charge in [0.2, 0.25) is 0 Å². The minimum atomic E-state index is -0.873. The maximum Gasteiger partial charge on any atom is 0.255 e. The van der Waals surface area contributed by atoms with Crippen molar-refractivity contribution >= 4 is 48.4 Å². The molecule has 0 atom stereocenters. The van der Waals surface area contributed by atoms with Gasteiger partial charge in [0.05, 0.1) is 21.6 Å². The van der Waals surface area contributed by atoms with Crippen molar-refractivity contribution in [3.63, 3.8) is 0 Å². The van der Waals surface area contributed by atoms with E-state index in [1.807, 2.05) is 0 Å². The predicted octanol–water partition coefficient (Wildman–Crippen LogP) is 5.11. The second-order valence-electron chi connectivity index (χ2n) is 4.37. The molecule has 0 spiro atoms. The Kier molecular flexibility index (Phi) is 3.55. The number of benzene rings is 2. The number of fused-ring (bicyclic) bond motifs is 3. The molecule has 2 aromatic carbocycles. The number of carbonyl (C=O) groups is 1. The molecule has 0 fully saturated rings. The van der Waals surface area contributed by atoms with Crippen molar-refractivity contribution in [2.45, 2.75) is 6.92 Å². The van der Waals surface area contributed by atoms with Crippen LogP contribution in [-0.2, 0) is 0 Å². The van der Waals surface area contributed by atoms with Crippen LogP contribution in [0.15, 0.2) is 24.3 Å². The van der Waals surface area contributed by atoms with E-state index in [1.165, 1.54) is 12.1 Å². The highest BCUT2D eigenvalue weighted by Crippen LogP contribution is 2.40. The average molecular weight is 327 g/mol. The third kappa shape index (κ3) is 2.17. The third-order valence-corrected chi connectivity index (χ3v) is 4.57. The molecule has 0 aliphatic carbocycles. The number of hydrogen-bond donors (Lipinski definition) is 0. The molecule has 3 aromatic rings. The first-order chi connectivity index (χ1) is 10.0. The summed E-state index contributed by atoms with van der Waals surface area (Å²) in [4.78, 5) is 11.2. The highest BCUT2D eigenvalue weighted by Gasteiger charge is 2.19. The van der Waals surface area contributed by atoms with Crippen molar-refractivity contribution in [2.75, 3.05) is 6.61 Å². The van der Waals surface area contributed by atoms with Gasteiger partial charge in [0.15, 0.2) is 17.4 Å². The van der Waals surface area contributed by atoms with Crippen LogP contribution in [0.25, 0.3) is 20.2 Å². The minimum Gasteiger partial charge on any atom is -0.491 e. The molecule has 6 heteroatoms. The molecule has 0 saturated carbocycles. The van der Waals surface area contributed by atoms with Crippen LogP contribution in [0.4, 0.5) is 8.78 Å². The van der Waals surface area contributed by atoms with Gasteiger partial charge in [0, 0.05) is 10.8 Å². The van der Waals surface area contributed by atoms with E-state index < -0.39 is 16.9 Å². The van der Waals surface area contributed by atoms with Gasteiger partial charge in [-0.25, -0.2) is 8.78 Å². The summed E-state index contributed by atoms with van der Waals surface area (Å²) in [6.07, 6.45) is 0. The van der Waals surface area contributed by atoms with Crippen molar-refractivity contribution in [1.29, 1.82) is 0 Å². The number of hydrogen-bond acceptors (Lipinski definition) is 3. The summed E-state index contributed by atoms with van der Waals surface area (Å²) < 4.78 is 34.4. The van der Waals surface area contributed by atoms with Crippen LogP contribution in [0, 0.1) is 11.6 Å². The zero-order chi connectivity index (χ0) is 15.1. The molecule has 0 aliphatic heterocycles. The number of carbonyl (C=O) groups excluding carboxylic acids is 1. The number of rotatable bonds is 3. The zero-order valence-corrected chi connectivity index (χ0v) is 12.4. The van der Waals surface area contributed by atoms with Gasteiger partial charge in [0.25, 0.3) is 5.24 Å². The Bertz CT molecular complexity index is 873. The summed E-state index contributed by atoms with van der Waals surface area (Å²) in [5.74, 6) is -1.11. The van der Waals surface area contributed by atoms with Crippen LogP contribution in [0.2, 0.25) is 0 Å². The predicted molar refractivity (Wildman–Crippen MR) is 80.6 cm³/mol. The van der Waals surface area contributed by atoms with Gasteiger partial charge >= 0.3 is 0 Å². The summed E-state index contributed by atoms with van der Waals surface area (Å²) in [5, 5.41) is 0.266. The Morgan fingerprint density at radius 2 is 1.76 bits per heavy atom. The van der Waals surface area contributed by atoms with E-state index in [-0.39, 0.29) is 16.0 Å². The monoisotopic (exact) mass is 326 g/mol. The minimum absolute atomic E-state index is 0.130. The molecule has 108 valence electrons. The average Bonchev–Trinajstić information content (AvgIpc) is 2.83. The van der Waals surface area contributed by atoms with Gasteiger partial charge in [0.1, 0.15) is 0 Å². The second-order valence-corrected chi connectivity index (χ2v) is 5.73. The second kappa shape index (κ2) is 5.24. The Labute approximate surface area is 127 Å². The van der Waals surface area contributed by atoms with Gasteiger partial charge in [-0.1, -0.05) is 6.07 Å².